The number of anilines is 1. The number of nitrogens with two attached hydrogens (primary N) is 1. The number of nitrogen functional groups attached to an aromatic ring is 1. The van der Waals surface area contributed by atoms with Crippen LogP contribution in [0.15, 0.2) is 6.33 Å². The van der Waals surface area contributed by atoms with Gasteiger partial charge >= 0.3 is 0 Å². The second-order valence-corrected chi connectivity index (χ2v) is 3.87. The van der Waals surface area contributed by atoms with E-state index in [4.69, 9.17) is 19.9 Å². The SMILES string of the molecule is CCOc1ncnc(OCC2CCOC2)c1N. The smallest absolute Gasteiger partial charge is 0.244 e. The maximum absolute atomic E-state index is 5.85. The normalized spacial score (nSPS) is 19.2. The Morgan fingerprint density at radius 2 is 2.18 bits per heavy atom. The molecule has 0 aliphatic carbocycles. The Balaban J connectivity index is 1.97. The minimum absolute atomic E-state index is 0.355. The van der Waals surface area contributed by atoms with Crippen molar-refractivity contribution in [1.29, 1.82) is 0 Å². The van der Waals surface area contributed by atoms with Crippen LogP contribution in [0.1, 0.15) is 13.3 Å². The van der Waals surface area contributed by atoms with Gasteiger partial charge in [-0.1, -0.05) is 0 Å². The molecule has 2 N–H and O–H groups in total. The van der Waals surface area contributed by atoms with Gasteiger partial charge in [0.05, 0.1) is 19.8 Å². The highest BCUT2D eigenvalue weighted by molar-refractivity contribution is 5.55. The Morgan fingerprint density at radius 1 is 1.41 bits per heavy atom. The van der Waals surface area contributed by atoms with Crippen LogP contribution in [0.4, 0.5) is 5.69 Å². The van der Waals surface area contributed by atoms with Gasteiger partial charge in [-0.25, -0.2) is 0 Å². The fourth-order valence-corrected chi connectivity index (χ4v) is 1.64. The molecule has 0 radical (unpaired) electrons. The van der Waals surface area contributed by atoms with Crippen LogP contribution < -0.4 is 15.2 Å². The van der Waals surface area contributed by atoms with Crippen molar-refractivity contribution >= 4 is 5.69 Å². The van der Waals surface area contributed by atoms with Gasteiger partial charge in [0.1, 0.15) is 6.33 Å². The molecule has 1 aliphatic rings. The Bertz CT molecular complexity index is 367. The van der Waals surface area contributed by atoms with Crippen molar-refractivity contribution in [3.8, 4) is 11.8 Å². The van der Waals surface area contributed by atoms with Crippen LogP contribution in [0.2, 0.25) is 0 Å². The molecule has 1 fully saturated rings. The summed E-state index contributed by atoms with van der Waals surface area (Å²) in [6.07, 6.45) is 2.41. The molecule has 1 atom stereocenters. The van der Waals surface area contributed by atoms with Crippen molar-refractivity contribution in [3.63, 3.8) is 0 Å². The Labute approximate surface area is 100 Å². The molecule has 0 amide bonds. The van der Waals surface area contributed by atoms with E-state index in [1.807, 2.05) is 6.92 Å². The molecule has 2 heterocycles. The molecule has 0 spiro atoms. The predicted molar refractivity (Wildman–Crippen MR) is 62.0 cm³/mol. The number of hydrogen-bond acceptors (Lipinski definition) is 6. The molecule has 1 saturated heterocycles. The Hall–Kier alpha value is -1.56. The summed E-state index contributed by atoms with van der Waals surface area (Å²) in [5.41, 5.74) is 6.20. The molecular weight excluding hydrogens is 222 g/mol. The van der Waals surface area contributed by atoms with Crippen LogP contribution in [0.3, 0.4) is 0 Å². The lowest BCUT2D eigenvalue weighted by molar-refractivity contribution is 0.165. The van der Waals surface area contributed by atoms with E-state index in [9.17, 15) is 0 Å². The number of nitrogens with zero attached hydrogens (tertiary/aromatic N) is 2. The van der Waals surface area contributed by atoms with Crippen molar-refractivity contribution in [2.24, 2.45) is 5.92 Å². The van der Waals surface area contributed by atoms with Crippen molar-refractivity contribution in [3.05, 3.63) is 6.33 Å². The molecular formula is C11H17N3O3. The zero-order valence-electron chi connectivity index (χ0n) is 9.89. The third kappa shape index (κ3) is 2.97. The van der Waals surface area contributed by atoms with E-state index >= 15 is 0 Å². The first kappa shape index (κ1) is 11.9. The number of ether oxygens (including phenoxy) is 3. The van der Waals surface area contributed by atoms with Gasteiger partial charge in [-0.3, -0.25) is 0 Å². The maximum atomic E-state index is 5.85. The average Bonchev–Trinajstić information content (AvgIpc) is 2.83. The lowest BCUT2D eigenvalue weighted by atomic mass is 10.1. The molecule has 94 valence electrons. The summed E-state index contributed by atoms with van der Waals surface area (Å²) in [6.45, 7) is 4.49. The molecule has 0 bridgehead atoms. The third-order valence-corrected chi connectivity index (χ3v) is 2.57. The minimum atomic E-state index is 0.355. The average molecular weight is 239 g/mol. The first-order valence-electron chi connectivity index (χ1n) is 5.75. The number of aromatic nitrogens is 2. The van der Waals surface area contributed by atoms with E-state index in [0.717, 1.165) is 19.6 Å². The summed E-state index contributed by atoms with van der Waals surface area (Å²) in [5, 5.41) is 0. The molecule has 1 unspecified atom stereocenters. The highest BCUT2D eigenvalue weighted by Gasteiger charge is 2.18. The van der Waals surface area contributed by atoms with E-state index in [0.29, 0.717) is 36.6 Å². The molecule has 1 aliphatic heterocycles. The fraction of sp³-hybridized carbons (Fsp3) is 0.636. The summed E-state index contributed by atoms with van der Waals surface area (Å²) in [6, 6.07) is 0. The summed E-state index contributed by atoms with van der Waals surface area (Å²) in [4.78, 5) is 7.95. The van der Waals surface area contributed by atoms with E-state index in [-0.39, 0.29) is 0 Å². The molecule has 0 aromatic carbocycles. The maximum Gasteiger partial charge on any atom is 0.244 e. The van der Waals surface area contributed by atoms with Gasteiger partial charge in [0, 0.05) is 12.5 Å². The molecule has 1 aromatic heterocycles. The summed E-state index contributed by atoms with van der Waals surface area (Å²) < 4.78 is 16.1. The number of hydrogen-bond donors (Lipinski definition) is 1. The lowest BCUT2D eigenvalue weighted by Crippen LogP contribution is -2.13. The van der Waals surface area contributed by atoms with Crippen molar-refractivity contribution in [1.82, 2.24) is 9.97 Å². The summed E-state index contributed by atoms with van der Waals surface area (Å²) >= 11 is 0. The van der Waals surface area contributed by atoms with Crippen molar-refractivity contribution in [2.45, 2.75) is 13.3 Å². The lowest BCUT2D eigenvalue weighted by Gasteiger charge is -2.12. The van der Waals surface area contributed by atoms with E-state index in [1.54, 1.807) is 0 Å². The van der Waals surface area contributed by atoms with Crippen LogP contribution in [-0.2, 0) is 4.74 Å². The second-order valence-electron chi connectivity index (χ2n) is 3.87. The van der Waals surface area contributed by atoms with Crippen LogP contribution >= 0.6 is 0 Å². The van der Waals surface area contributed by atoms with Crippen LogP contribution in [0.5, 0.6) is 11.8 Å². The van der Waals surface area contributed by atoms with E-state index in [2.05, 4.69) is 9.97 Å². The Kier molecular flexibility index (Phi) is 3.98. The highest BCUT2D eigenvalue weighted by atomic mass is 16.5. The second kappa shape index (κ2) is 5.67. The zero-order chi connectivity index (χ0) is 12.1. The first-order valence-corrected chi connectivity index (χ1v) is 5.75. The predicted octanol–water partition coefficient (Wildman–Crippen LogP) is 0.873. The highest BCUT2D eigenvalue weighted by Crippen LogP contribution is 2.27. The van der Waals surface area contributed by atoms with Crippen molar-refractivity contribution in [2.75, 3.05) is 32.2 Å². The molecule has 6 nitrogen and oxygen atoms in total. The van der Waals surface area contributed by atoms with E-state index in [1.165, 1.54) is 6.33 Å². The largest absolute Gasteiger partial charge is 0.476 e. The number of rotatable bonds is 5. The van der Waals surface area contributed by atoms with Gasteiger partial charge in [-0.15, -0.1) is 0 Å². The van der Waals surface area contributed by atoms with Gasteiger partial charge in [0.25, 0.3) is 0 Å². The van der Waals surface area contributed by atoms with Crippen LogP contribution in [-0.4, -0.2) is 36.4 Å². The molecule has 17 heavy (non-hydrogen) atoms. The van der Waals surface area contributed by atoms with Gasteiger partial charge in [0.15, 0.2) is 5.69 Å². The zero-order valence-corrected chi connectivity index (χ0v) is 9.89. The molecule has 6 heteroatoms. The van der Waals surface area contributed by atoms with Crippen LogP contribution in [0, 0.1) is 5.92 Å². The fourth-order valence-electron chi connectivity index (χ4n) is 1.64. The van der Waals surface area contributed by atoms with Crippen LogP contribution in [0.25, 0.3) is 0 Å². The topological polar surface area (TPSA) is 79.5 Å². The minimum Gasteiger partial charge on any atom is -0.476 e. The van der Waals surface area contributed by atoms with Crippen molar-refractivity contribution < 1.29 is 14.2 Å². The Morgan fingerprint density at radius 3 is 2.82 bits per heavy atom. The van der Waals surface area contributed by atoms with Gasteiger partial charge in [-0.05, 0) is 13.3 Å². The standard InChI is InChI=1S/C11H17N3O3/c1-2-16-10-9(12)11(14-7-13-10)17-6-8-3-4-15-5-8/h7-8H,2-6,12H2,1H3. The summed E-state index contributed by atoms with van der Waals surface area (Å²) in [5.74, 6) is 1.18. The van der Waals surface area contributed by atoms with Gasteiger partial charge in [-0.2, -0.15) is 9.97 Å². The van der Waals surface area contributed by atoms with Gasteiger partial charge in [0.2, 0.25) is 11.8 Å². The van der Waals surface area contributed by atoms with Gasteiger partial charge < -0.3 is 19.9 Å². The quantitative estimate of drug-likeness (QED) is 0.821. The summed E-state index contributed by atoms with van der Waals surface area (Å²) in [7, 11) is 0. The monoisotopic (exact) mass is 239 g/mol. The molecule has 0 saturated carbocycles. The first-order chi connectivity index (χ1) is 8.31. The molecule has 1 aromatic rings. The van der Waals surface area contributed by atoms with E-state index < -0.39 is 0 Å². The third-order valence-electron chi connectivity index (χ3n) is 2.57. The molecule has 2 rings (SSSR count).